The first-order valence-corrected chi connectivity index (χ1v) is 6.24. The number of hydrogen-bond acceptors (Lipinski definition) is 4. The summed E-state index contributed by atoms with van der Waals surface area (Å²) < 4.78 is 11.3. The maximum Gasteiger partial charge on any atom is 0.222 e. The fourth-order valence-corrected chi connectivity index (χ4v) is 2.40. The Kier molecular flexibility index (Phi) is 4.04. The van der Waals surface area contributed by atoms with Gasteiger partial charge >= 0.3 is 0 Å². The topological polar surface area (TPSA) is 44.2 Å². The van der Waals surface area contributed by atoms with Crippen molar-refractivity contribution in [3.8, 4) is 22.8 Å². The van der Waals surface area contributed by atoms with Gasteiger partial charge in [0, 0.05) is 11.8 Å². The Bertz CT molecular complexity index is 578. The van der Waals surface area contributed by atoms with Crippen molar-refractivity contribution < 1.29 is 9.47 Å². The lowest BCUT2D eigenvalue weighted by Gasteiger charge is -2.12. The van der Waals surface area contributed by atoms with Gasteiger partial charge in [-0.1, -0.05) is 0 Å². The highest BCUT2D eigenvalue weighted by molar-refractivity contribution is 9.10. The second-order valence-corrected chi connectivity index (χ2v) is 4.50. The Morgan fingerprint density at radius 1 is 1.17 bits per heavy atom. The van der Waals surface area contributed by atoms with E-state index in [0.29, 0.717) is 17.2 Å². The van der Waals surface area contributed by atoms with Gasteiger partial charge in [-0.15, -0.1) is 0 Å². The van der Waals surface area contributed by atoms with Crippen molar-refractivity contribution >= 4 is 27.5 Å². The van der Waals surface area contributed by atoms with Gasteiger partial charge in [0.05, 0.1) is 19.9 Å². The third-order valence-corrected chi connectivity index (χ3v) is 3.32. The van der Waals surface area contributed by atoms with Crippen LogP contribution in [-0.2, 0) is 0 Å². The molecule has 4 nitrogen and oxygen atoms in total. The molecule has 0 N–H and O–H groups in total. The van der Waals surface area contributed by atoms with Crippen LogP contribution < -0.4 is 9.47 Å². The van der Waals surface area contributed by atoms with Gasteiger partial charge in [0.25, 0.3) is 0 Å². The predicted molar refractivity (Wildman–Crippen MR) is 73.3 cm³/mol. The monoisotopic (exact) mass is 328 g/mol. The molecule has 0 unspecified atom stereocenters. The van der Waals surface area contributed by atoms with Gasteiger partial charge in [-0.2, -0.15) is 0 Å². The van der Waals surface area contributed by atoms with Crippen LogP contribution in [0.1, 0.15) is 0 Å². The fourth-order valence-electron chi connectivity index (χ4n) is 1.58. The standard InChI is InChI=1S/C12H10BrClN2O2/c1-17-9-4-3-7(11(18-2)10(9)13)8-5-6-15-12(14)16-8/h3-6H,1-2H3. The molecular weight excluding hydrogens is 320 g/mol. The summed E-state index contributed by atoms with van der Waals surface area (Å²) >= 11 is 9.23. The van der Waals surface area contributed by atoms with E-state index in [9.17, 15) is 0 Å². The molecule has 0 radical (unpaired) electrons. The first-order valence-electron chi connectivity index (χ1n) is 5.06. The normalized spacial score (nSPS) is 10.2. The molecule has 18 heavy (non-hydrogen) atoms. The molecule has 1 aromatic heterocycles. The van der Waals surface area contributed by atoms with Crippen LogP contribution in [0.3, 0.4) is 0 Å². The van der Waals surface area contributed by atoms with Crippen molar-refractivity contribution in [2.45, 2.75) is 0 Å². The van der Waals surface area contributed by atoms with E-state index in [1.54, 1.807) is 26.5 Å². The zero-order valence-electron chi connectivity index (χ0n) is 9.78. The molecule has 2 aromatic rings. The first kappa shape index (κ1) is 13.1. The van der Waals surface area contributed by atoms with Crippen LogP contribution in [0.2, 0.25) is 5.28 Å². The maximum absolute atomic E-state index is 5.79. The number of benzene rings is 1. The van der Waals surface area contributed by atoms with Crippen molar-refractivity contribution in [3.63, 3.8) is 0 Å². The minimum atomic E-state index is 0.196. The molecule has 0 fully saturated rings. The number of methoxy groups -OCH3 is 2. The summed E-state index contributed by atoms with van der Waals surface area (Å²) in [6.07, 6.45) is 1.60. The SMILES string of the molecule is COc1ccc(-c2ccnc(Cl)n2)c(OC)c1Br. The molecule has 0 saturated carbocycles. The van der Waals surface area contributed by atoms with E-state index < -0.39 is 0 Å². The largest absolute Gasteiger partial charge is 0.495 e. The van der Waals surface area contributed by atoms with Gasteiger partial charge in [0.1, 0.15) is 16.0 Å². The van der Waals surface area contributed by atoms with Crippen molar-refractivity contribution in [3.05, 3.63) is 34.2 Å². The maximum atomic E-state index is 5.79. The summed E-state index contributed by atoms with van der Waals surface area (Å²) in [5, 5.41) is 0.196. The van der Waals surface area contributed by atoms with Crippen LogP contribution in [0.25, 0.3) is 11.3 Å². The van der Waals surface area contributed by atoms with Crippen LogP contribution in [0.5, 0.6) is 11.5 Å². The Hall–Kier alpha value is -1.33. The first-order chi connectivity index (χ1) is 8.67. The smallest absolute Gasteiger partial charge is 0.222 e. The molecular formula is C12H10BrClN2O2. The molecule has 94 valence electrons. The average molecular weight is 330 g/mol. The Labute approximate surface area is 118 Å². The number of aromatic nitrogens is 2. The summed E-state index contributed by atoms with van der Waals surface area (Å²) in [6.45, 7) is 0. The van der Waals surface area contributed by atoms with Gasteiger partial charge in [-0.25, -0.2) is 9.97 Å². The van der Waals surface area contributed by atoms with E-state index in [4.69, 9.17) is 21.1 Å². The number of rotatable bonds is 3. The highest BCUT2D eigenvalue weighted by atomic mass is 79.9. The zero-order valence-corrected chi connectivity index (χ0v) is 12.1. The van der Waals surface area contributed by atoms with E-state index in [2.05, 4.69) is 25.9 Å². The summed E-state index contributed by atoms with van der Waals surface area (Å²) in [6, 6.07) is 5.46. The number of halogens is 2. The highest BCUT2D eigenvalue weighted by Crippen LogP contribution is 2.41. The average Bonchev–Trinajstić information content (AvgIpc) is 2.38. The molecule has 0 bridgehead atoms. The predicted octanol–water partition coefficient (Wildman–Crippen LogP) is 3.58. The van der Waals surface area contributed by atoms with E-state index in [1.807, 2.05) is 12.1 Å². The lowest BCUT2D eigenvalue weighted by Crippen LogP contribution is -1.94. The summed E-state index contributed by atoms with van der Waals surface area (Å²) in [4.78, 5) is 8.02. The fraction of sp³-hybridized carbons (Fsp3) is 0.167. The molecule has 0 amide bonds. The van der Waals surface area contributed by atoms with Crippen molar-refractivity contribution in [1.82, 2.24) is 9.97 Å². The Morgan fingerprint density at radius 3 is 2.56 bits per heavy atom. The molecule has 1 heterocycles. The zero-order chi connectivity index (χ0) is 13.1. The molecule has 0 aliphatic carbocycles. The Morgan fingerprint density at radius 2 is 1.94 bits per heavy atom. The van der Waals surface area contributed by atoms with Crippen LogP contribution in [-0.4, -0.2) is 24.2 Å². The molecule has 2 rings (SSSR count). The lowest BCUT2D eigenvalue weighted by molar-refractivity contribution is 0.390. The second-order valence-electron chi connectivity index (χ2n) is 3.37. The van der Waals surface area contributed by atoms with Gasteiger partial charge in [-0.3, -0.25) is 0 Å². The molecule has 6 heteroatoms. The molecule has 0 aliphatic rings. The third kappa shape index (κ3) is 2.42. The number of ether oxygens (including phenoxy) is 2. The highest BCUT2D eigenvalue weighted by Gasteiger charge is 2.15. The summed E-state index contributed by atoms with van der Waals surface area (Å²) in [5.74, 6) is 1.33. The van der Waals surface area contributed by atoms with E-state index in [1.165, 1.54) is 0 Å². The van der Waals surface area contributed by atoms with Crippen molar-refractivity contribution in [2.24, 2.45) is 0 Å². The third-order valence-electron chi connectivity index (χ3n) is 2.39. The van der Waals surface area contributed by atoms with E-state index >= 15 is 0 Å². The van der Waals surface area contributed by atoms with Crippen LogP contribution in [0, 0.1) is 0 Å². The number of hydrogen-bond donors (Lipinski definition) is 0. The quantitative estimate of drug-likeness (QED) is 0.807. The van der Waals surface area contributed by atoms with E-state index in [-0.39, 0.29) is 5.28 Å². The van der Waals surface area contributed by atoms with Crippen LogP contribution >= 0.6 is 27.5 Å². The minimum Gasteiger partial charge on any atom is -0.495 e. The van der Waals surface area contributed by atoms with Gasteiger partial charge in [0.15, 0.2) is 0 Å². The van der Waals surface area contributed by atoms with Gasteiger partial charge in [-0.05, 0) is 45.7 Å². The molecule has 0 atom stereocenters. The van der Waals surface area contributed by atoms with Crippen LogP contribution in [0.4, 0.5) is 0 Å². The van der Waals surface area contributed by atoms with E-state index in [0.717, 1.165) is 10.0 Å². The summed E-state index contributed by atoms with van der Waals surface area (Å²) in [7, 11) is 3.19. The van der Waals surface area contributed by atoms with Crippen molar-refractivity contribution in [2.75, 3.05) is 14.2 Å². The molecule has 0 spiro atoms. The van der Waals surface area contributed by atoms with Crippen LogP contribution in [0.15, 0.2) is 28.9 Å². The van der Waals surface area contributed by atoms with Crippen molar-refractivity contribution in [1.29, 1.82) is 0 Å². The molecule has 1 aromatic carbocycles. The Balaban J connectivity index is 2.61. The molecule has 0 saturated heterocycles. The van der Waals surface area contributed by atoms with Gasteiger partial charge < -0.3 is 9.47 Å². The number of nitrogens with zero attached hydrogens (tertiary/aromatic N) is 2. The molecule has 0 aliphatic heterocycles. The second kappa shape index (κ2) is 5.54. The minimum absolute atomic E-state index is 0.196. The summed E-state index contributed by atoms with van der Waals surface area (Å²) in [5.41, 5.74) is 1.50. The van der Waals surface area contributed by atoms with Gasteiger partial charge in [0.2, 0.25) is 5.28 Å². The lowest BCUT2D eigenvalue weighted by atomic mass is 10.1.